The van der Waals surface area contributed by atoms with Gasteiger partial charge < -0.3 is 5.32 Å². The molecule has 0 aliphatic rings. The largest absolute Gasteiger partial charge is 0.316 e. The van der Waals surface area contributed by atoms with Crippen molar-refractivity contribution in [1.29, 1.82) is 0 Å². The number of nitrogens with one attached hydrogen (secondary N) is 1. The van der Waals surface area contributed by atoms with Crippen LogP contribution in [0.3, 0.4) is 0 Å². The summed E-state index contributed by atoms with van der Waals surface area (Å²) in [6.07, 6.45) is 3.47. The minimum atomic E-state index is 0.733. The van der Waals surface area contributed by atoms with Gasteiger partial charge in [0.2, 0.25) is 0 Å². The molecule has 2 nitrogen and oxygen atoms in total. The van der Waals surface area contributed by atoms with E-state index in [2.05, 4.69) is 34.6 Å². The first-order valence-electron chi connectivity index (χ1n) is 5.74. The van der Waals surface area contributed by atoms with Gasteiger partial charge in [0.1, 0.15) is 0 Å². The second kappa shape index (κ2) is 6.78. The Morgan fingerprint density at radius 2 is 2.22 bits per heavy atom. The molecule has 0 saturated carbocycles. The zero-order valence-corrected chi connectivity index (χ0v) is 11.8. The summed E-state index contributed by atoms with van der Waals surface area (Å²) in [5.74, 6) is 0.865. The Kier molecular flexibility index (Phi) is 5.05. The van der Waals surface area contributed by atoms with Crippen LogP contribution >= 0.6 is 23.4 Å². The number of halogens is 1. The smallest absolute Gasteiger partial charge is 0.0629 e. The molecule has 94 valence electrons. The van der Waals surface area contributed by atoms with E-state index in [1.54, 1.807) is 24.2 Å². The topological polar surface area (TPSA) is 24.9 Å². The van der Waals surface area contributed by atoms with Crippen molar-refractivity contribution in [2.24, 2.45) is 0 Å². The van der Waals surface area contributed by atoms with Crippen LogP contribution in [0.4, 0.5) is 0 Å². The molecule has 0 radical (unpaired) electrons. The molecule has 18 heavy (non-hydrogen) atoms. The van der Waals surface area contributed by atoms with E-state index in [4.69, 9.17) is 11.6 Å². The molecule has 0 bridgehead atoms. The van der Waals surface area contributed by atoms with Crippen LogP contribution in [-0.2, 0) is 12.3 Å². The molecule has 0 spiro atoms. The molecule has 0 unspecified atom stereocenters. The van der Waals surface area contributed by atoms with Crippen molar-refractivity contribution in [3.05, 3.63) is 58.9 Å². The minimum absolute atomic E-state index is 0.733. The van der Waals surface area contributed by atoms with Crippen LogP contribution in [-0.4, -0.2) is 12.0 Å². The third-order valence-corrected chi connectivity index (χ3v) is 3.91. The van der Waals surface area contributed by atoms with Gasteiger partial charge in [0.05, 0.1) is 5.02 Å². The predicted molar refractivity (Wildman–Crippen MR) is 78.0 cm³/mol. The second-order valence-electron chi connectivity index (χ2n) is 3.93. The van der Waals surface area contributed by atoms with Crippen molar-refractivity contribution in [3.63, 3.8) is 0 Å². The summed E-state index contributed by atoms with van der Waals surface area (Å²) in [6, 6.07) is 10.5. The van der Waals surface area contributed by atoms with Crippen LogP contribution in [0.15, 0.2) is 47.6 Å². The van der Waals surface area contributed by atoms with E-state index in [1.807, 2.05) is 13.1 Å². The fourth-order valence-electron chi connectivity index (χ4n) is 1.63. The quantitative estimate of drug-likeness (QED) is 0.843. The van der Waals surface area contributed by atoms with Gasteiger partial charge >= 0.3 is 0 Å². The molecule has 0 atom stereocenters. The maximum atomic E-state index is 6.09. The maximum absolute atomic E-state index is 6.09. The summed E-state index contributed by atoms with van der Waals surface area (Å²) in [6.45, 7) is 0.893. The van der Waals surface area contributed by atoms with Crippen LogP contribution in [0.2, 0.25) is 5.02 Å². The standard InChI is InChI=1S/C14H15ClN2S/c1-16-8-11-3-2-4-13(7-11)18-10-12-5-6-17-9-14(12)15/h2-7,9,16H,8,10H2,1H3. The molecule has 0 fully saturated rings. The summed E-state index contributed by atoms with van der Waals surface area (Å²) >= 11 is 7.87. The lowest BCUT2D eigenvalue weighted by molar-refractivity contribution is 0.815. The van der Waals surface area contributed by atoms with Gasteiger partial charge in [0.15, 0.2) is 0 Å². The number of pyridine rings is 1. The molecule has 1 aromatic heterocycles. The van der Waals surface area contributed by atoms with Crippen molar-refractivity contribution < 1.29 is 0 Å². The molecule has 0 amide bonds. The predicted octanol–water partition coefficient (Wildman–Crippen LogP) is 3.75. The van der Waals surface area contributed by atoms with Crippen molar-refractivity contribution in [2.45, 2.75) is 17.2 Å². The fraction of sp³-hybridized carbons (Fsp3) is 0.214. The molecular weight excluding hydrogens is 264 g/mol. The Hall–Kier alpha value is -1.03. The normalized spacial score (nSPS) is 10.6. The van der Waals surface area contributed by atoms with Gasteiger partial charge in [-0.25, -0.2) is 0 Å². The van der Waals surface area contributed by atoms with Crippen molar-refractivity contribution in [1.82, 2.24) is 10.3 Å². The van der Waals surface area contributed by atoms with Crippen molar-refractivity contribution in [2.75, 3.05) is 7.05 Å². The average Bonchev–Trinajstić information content (AvgIpc) is 2.39. The lowest BCUT2D eigenvalue weighted by Gasteiger charge is -2.06. The maximum Gasteiger partial charge on any atom is 0.0629 e. The van der Waals surface area contributed by atoms with Crippen LogP contribution in [0.25, 0.3) is 0 Å². The van der Waals surface area contributed by atoms with E-state index in [-0.39, 0.29) is 0 Å². The first kappa shape index (κ1) is 13.4. The zero-order valence-electron chi connectivity index (χ0n) is 10.2. The van der Waals surface area contributed by atoms with Crippen LogP contribution < -0.4 is 5.32 Å². The molecule has 1 N–H and O–H groups in total. The molecule has 1 aromatic carbocycles. The second-order valence-corrected chi connectivity index (χ2v) is 5.39. The van der Waals surface area contributed by atoms with Crippen molar-refractivity contribution >= 4 is 23.4 Å². The molecular formula is C14H15ClN2S. The van der Waals surface area contributed by atoms with Gasteiger partial charge in [-0.2, -0.15) is 0 Å². The first-order valence-corrected chi connectivity index (χ1v) is 7.10. The number of benzene rings is 1. The molecule has 0 aliphatic carbocycles. The van der Waals surface area contributed by atoms with E-state index in [1.165, 1.54) is 10.5 Å². The van der Waals surface area contributed by atoms with Gasteiger partial charge in [0, 0.05) is 29.6 Å². The third-order valence-electron chi connectivity index (χ3n) is 2.53. The lowest BCUT2D eigenvalue weighted by Crippen LogP contribution is -2.04. The SMILES string of the molecule is CNCc1cccc(SCc2ccncc2Cl)c1. The summed E-state index contributed by atoms with van der Waals surface area (Å²) in [7, 11) is 1.95. The van der Waals surface area contributed by atoms with Crippen molar-refractivity contribution in [3.8, 4) is 0 Å². The van der Waals surface area contributed by atoms with Gasteiger partial charge in [0.25, 0.3) is 0 Å². The Balaban J connectivity index is 2.02. The van der Waals surface area contributed by atoms with E-state index >= 15 is 0 Å². The third kappa shape index (κ3) is 3.73. The monoisotopic (exact) mass is 278 g/mol. The summed E-state index contributed by atoms with van der Waals surface area (Å²) in [5.41, 5.74) is 2.42. The number of thioether (sulfide) groups is 1. The van der Waals surface area contributed by atoms with Crippen LogP contribution in [0, 0.1) is 0 Å². The van der Waals surface area contributed by atoms with Crippen LogP contribution in [0.5, 0.6) is 0 Å². The van der Waals surface area contributed by atoms with Gasteiger partial charge in [-0.1, -0.05) is 23.7 Å². The zero-order chi connectivity index (χ0) is 12.8. The highest BCUT2D eigenvalue weighted by molar-refractivity contribution is 7.98. The lowest BCUT2D eigenvalue weighted by atomic mass is 10.2. The Labute approximate surface area is 117 Å². The van der Waals surface area contributed by atoms with E-state index in [9.17, 15) is 0 Å². The number of rotatable bonds is 5. The number of hydrogen-bond donors (Lipinski definition) is 1. The Morgan fingerprint density at radius 3 is 3.00 bits per heavy atom. The molecule has 0 saturated heterocycles. The van der Waals surface area contributed by atoms with E-state index < -0.39 is 0 Å². The fourth-order valence-corrected chi connectivity index (χ4v) is 2.88. The van der Waals surface area contributed by atoms with Gasteiger partial charge in [-0.15, -0.1) is 11.8 Å². The summed E-state index contributed by atoms with van der Waals surface area (Å²) in [4.78, 5) is 5.25. The highest BCUT2D eigenvalue weighted by Crippen LogP contribution is 2.26. The van der Waals surface area contributed by atoms with E-state index in [0.29, 0.717) is 0 Å². The molecule has 2 rings (SSSR count). The van der Waals surface area contributed by atoms with Gasteiger partial charge in [-0.3, -0.25) is 4.98 Å². The molecule has 2 aromatic rings. The number of nitrogens with zero attached hydrogens (tertiary/aromatic N) is 1. The summed E-state index contributed by atoms with van der Waals surface area (Å²) < 4.78 is 0. The Bertz CT molecular complexity index is 517. The minimum Gasteiger partial charge on any atom is -0.316 e. The first-order chi connectivity index (χ1) is 8.79. The Morgan fingerprint density at radius 1 is 1.33 bits per heavy atom. The molecule has 4 heteroatoms. The molecule has 0 aliphatic heterocycles. The van der Waals surface area contributed by atoms with Crippen LogP contribution in [0.1, 0.15) is 11.1 Å². The van der Waals surface area contributed by atoms with E-state index in [0.717, 1.165) is 22.9 Å². The highest BCUT2D eigenvalue weighted by Gasteiger charge is 2.01. The summed E-state index contributed by atoms with van der Waals surface area (Å²) in [5, 5.41) is 3.89. The molecule has 1 heterocycles. The average molecular weight is 279 g/mol. The number of hydrogen-bond acceptors (Lipinski definition) is 3. The van der Waals surface area contributed by atoms with Gasteiger partial charge in [-0.05, 0) is 36.4 Å². The highest BCUT2D eigenvalue weighted by atomic mass is 35.5. The number of aromatic nitrogens is 1.